The van der Waals surface area contributed by atoms with Crippen LogP contribution in [0, 0.1) is 18.8 Å². The summed E-state index contributed by atoms with van der Waals surface area (Å²) >= 11 is 0. The summed E-state index contributed by atoms with van der Waals surface area (Å²) in [7, 11) is 1.38. The number of allylic oxidation sites excluding steroid dienone is 1. The SMILES string of the molecule is COC(=O)c1ccc(C#Cc2ccc3c(c2)C(c2ccc(C)cc2)=CCC3(C)C)cc1. The second kappa shape index (κ2) is 8.28. The van der Waals surface area contributed by atoms with E-state index in [1.54, 1.807) is 12.1 Å². The first-order chi connectivity index (χ1) is 14.9. The van der Waals surface area contributed by atoms with E-state index in [4.69, 9.17) is 4.74 Å². The van der Waals surface area contributed by atoms with Gasteiger partial charge in [0.25, 0.3) is 0 Å². The fraction of sp³-hybridized carbons (Fsp3) is 0.207. The van der Waals surface area contributed by atoms with Gasteiger partial charge in [0, 0.05) is 11.1 Å². The van der Waals surface area contributed by atoms with Gasteiger partial charge in [0.2, 0.25) is 0 Å². The van der Waals surface area contributed by atoms with Gasteiger partial charge in [-0.1, -0.05) is 67.7 Å². The van der Waals surface area contributed by atoms with E-state index in [-0.39, 0.29) is 11.4 Å². The zero-order chi connectivity index (χ0) is 22.0. The van der Waals surface area contributed by atoms with Gasteiger partial charge in [0.1, 0.15) is 0 Å². The van der Waals surface area contributed by atoms with Crippen molar-refractivity contribution in [3.8, 4) is 11.8 Å². The maximum Gasteiger partial charge on any atom is 0.337 e. The van der Waals surface area contributed by atoms with E-state index < -0.39 is 0 Å². The number of carbonyl (C=O) groups excluding carboxylic acids is 1. The average Bonchev–Trinajstić information content (AvgIpc) is 2.78. The lowest BCUT2D eigenvalue weighted by molar-refractivity contribution is 0.0600. The molecule has 0 unspecified atom stereocenters. The Morgan fingerprint density at radius 3 is 2.23 bits per heavy atom. The van der Waals surface area contributed by atoms with Crippen molar-refractivity contribution in [1.82, 2.24) is 0 Å². The van der Waals surface area contributed by atoms with E-state index in [2.05, 4.69) is 81.2 Å². The van der Waals surface area contributed by atoms with Crippen molar-refractivity contribution in [3.05, 3.63) is 112 Å². The van der Waals surface area contributed by atoms with E-state index in [9.17, 15) is 4.79 Å². The van der Waals surface area contributed by atoms with E-state index in [0.717, 1.165) is 17.5 Å². The summed E-state index contributed by atoms with van der Waals surface area (Å²) in [4.78, 5) is 11.6. The summed E-state index contributed by atoms with van der Waals surface area (Å²) < 4.78 is 4.75. The van der Waals surface area contributed by atoms with Gasteiger partial charge >= 0.3 is 5.97 Å². The fourth-order valence-corrected chi connectivity index (χ4v) is 3.97. The van der Waals surface area contributed by atoms with Crippen LogP contribution in [-0.4, -0.2) is 13.1 Å². The molecule has 0 N–H and O–H groups in total. The molecule has 0 saturated heterocycles. The van der Waals surface area contributed by atoms with Gasteiger partial charge in [-0.3, -0.25) is 0 Å². The lowest BCUT2D eigenvalue weighted by Crippen LogP contribution is -2.22. The van der Waals surface area contributed by atoms with E-state index in [0.29, 0.717) is 5.56 Å². The second-order valence-electron chi connectivity index (χ2n) is 8.65. The van der Waals surface area contributed by atoms with Crippen molar-refractivity contribution in [1.29, 1.82) is 0 Å². The largest absolute Gasteiger partial charge is 0.465 e. The van der Waals surface area contributed by atoms with Crippen LogP contribution >= 0.6 is 0 Å². The minimum Gasteiger partial charge on any atom is -0.465 e. The van der Waals surface area contributed by atoms with Crippen LogP contribution in [0.4, 0.5) is 0 Å². The van der Waals surface area contributed by atoms with Crippen molar-refractivity contribution in [2.75, 3.05) is 7.11 Å². The Kier molecular flexibility index (Phi) is 5.53. The molecule has 2 nitrogen and oxygen atoms in total. The summed E-state index contributed by atoms with van der Waals surface area (Å²) in [5, 5.41) is 0. The monoisotopic (exact) mass is 406 g/mol. The highest BCUT2D eigenvalue weighted by molar-refractivity contribution is 5.89. The normalized spacial score (nSPS) is 14.0. The van der Waals surface area contributed by atoms with Crippen LogP contribution in [-0.2, 0) is 10.2 Å². The topological polar surface area (TPSA) is 26.3 Å². The Labute approximate surface area is 184 Å². The molecule has 0 amide bonds. The van der Waals surface area contributed by atoms with Gasteiger partial charge in [0.05, 0.1) is 12.7 Å². The molecule has 0 saturated carbocycles. The number of hydrogen-bond donors (Lipinski definition) is 0. The molecule has 31 heavy (non-hydrogen) atoms. The minimum absolute atomic E-state index is 0.0964. The van der Waals surface area contributed by atoms with Crippen molar-refractivity contribution < 1.29 is 9.53 Å². The molecule has 0 bridgehead atoms. The number of ether oxygens (including phenoxy) is 1. The Hall–Kier alpha value is -3.57. The molecule has 154 valence electrons. The number of esters is 1. The molecule has 3 aromatic carbocycles. The van der Waals surface area contributed by atoms with Crippen LogP contribution in [0.25, 0.3) is 5.57 Å². The van der Waals surface area contributed by atoms with Crippen LogP contribution in [0.1, 0.15) is 64.0 Å². The quantitative estimate of drug-likeness (QED) is 0.369. The Balaban J connectivity index is 1.69. The van der Waals surface area contributed by atoms with Gasteiger partial charge in [-0.25, -0.2) is 4.79 Å². The maximum absolute atomic E-state index is 11.6. The summed E-state index contributed by atoms with van der Waals surface area (Å²) in [5.74, 6) is 6.16. The van der Waals surface area contributed by atoms with Crippen LogP contribution < -0.4 is 0 Å². The number of rotatable bonds is 2. The van der Waals surface area contributed by atoms with Crippen LogP contribution in [0.2, 0.25) is 0 Å². The highest BCUT2D eigenvalue weighted by Gasteiger charge is 2.28. The maximum atomic E-state index is 11.6. The highest BCUT2D eigenvalue weighted by Crippen LogP contribution is 2.41. The zero-order valence-electron chi connectivity index (χ0n) is 18.5. The molecular formula is C29H26O2. The molecule has 0 radical (unpaired) electrons. The van der Waals surface area contributed by atoms with E-state index in [1.807, 2.05) is 12.1 Å². The molecule has 3 aromatic rings. The molecule has 0 aromatic heterocycles. The minimum atomic E-state index is -0.341. The molecule has 2 heteroatoms. The van der Waals surface area contributed by atoms with E-state index in [1.165, 1.54) is 34.9 Å². The molecule has 0 fully saturated rings. The Morgan fingerprint density at radius 2 is 1.55 bits per heavy atom. The molecule has 1 aliphatic carbocycles. The number of fused-ring (bicyclic) bond motifs is 1. The van der Waals surface area contributed by atoms with Gasteiger partial charge in [0.15, 0.2) is 0 Å². The molecule has 0 spiro atoms. The molecule has 0 heterocycles. The lowest BCUT2D eigenvalue weighted by atomic mass is 9.72. The second-order valence-corrected chi connectivity index (χ2v) is 8.65. The zero-order valence-corrected chi connectivity index (χ0v) is 18.5. The highest BCUT2D eigenvalue weighted by atomic mass is 16.5. The van der Waals surface area contributed by atoms with E-state index >= 15 is 0 Å². The standard InChI is InChI=1S/C29H26O2/c1-20-5-12-23(13-6-20)25-17-18-29(2,3)27-16-11-22(19-26(25)27)8-7-21-9-14-24(15-10-21)28(30)31-4/h5-6,9-17,19H,18H2,1-4H3. The lowest BCUT2D eigenvalue weighted by Gasteiger charge is -2.32. The van der Waals surface area contributed by atoms with Gasteiger partial charge < -0.3 is 4.74 Å². The smallest absolute Gasteiger partial charge is 0.337 e. The van der Waals surface area contributed by atoms with Gasteiger partial charge in [-0.2, -0.15) is 0 Å². The first kappa shape index (κ1) is 20.7. The van der Waals surface area contributed by atoms with Crippen molar-refractivity contribution in [2.45, 2.75) is 32.6 Å². The number of aryl methyl sites for hydroxylation is 1. The third kappa shape index (κ3) is 4.32. The summed E-state index contributed by atoms with van der Waals surface area (Å²) in [5.41, 5.74) is 8.86. The summed E-state index contributed by atoms with van der Waals surface area (Å²) in [6.07, 6.45) is 3.37. The van der Waals surface area contributed by atoms with Crippen LogP contribution in [0.5, 0.6) is 0 Å². The number of hydrogen-bond acceptors (Lipinski definition) is 2. The number of carbonyl (C=O) groups is 1. The molecule has 0 aliphatic heterocycles. The number of benzene rings is 3. The van der Waals surface area contributed by atoms with Crippen molar-refractivity contribution >= 4 is 11.5 Å². The van der Waals surface area contributed by atoms with Gasteiger partial charge in [-0.15, -0.1) is 0 Å². The first-order valence-corrected chi connectivity index (χ1v) is 10.5. The predicted octanol–water partition coefficient (Wildman–Crippen LogP) is 6.29. The molecule has 0 atom stereocenters. The van der Waals surface area contributed by atoms with Gasteiger partial charge in [-0.05, 0) is 77.4 Å². The fourth-order valence-electron chi connectivity index (χ4n) is 3.97. The van der Waals surface area contributed by atoms with Crippen LogP contribution in [0.3, 0.4) is 0 Å². The Bertz CT molecular complexity index is 1210. The van der Waals surface area contributed by atoms with Crippen LogP contribution in [0.15, 0.2) is 72.8 Å². The van der Waals surface area contributed by atoms with Crippen molar-refractivity contribution in [2.24, 2.45) is 0 Å². The summed E-state index contributed by atoms with van der Waals surface area (Å²) in [6.45, 7) is 6.70. The average molecular weight is 407 g/mol. The third-order valence-corrected chi connectivity index (χ3v) is 5.88. The molecular weight excluding hydrogens is 380 g/mol. The number of methoxy groups -OCH3 is 1. The third-order valence-electron chi connectivity index (χ3n) is 5.88. The first-order valence-electron chi connectivity index (χ1n) is 10.5. The molecule has 4 rings (SSSR count). The Morgan fingerprint density at radius 1 is 0.903 bits per heavy atom. The molecule has 1 aliphatic rings. The predicted molar refractivity (Wildman–Crippen MR) is 126 cm³/mol. The summed E-state index contributed by atoms with van der Waals surface area (Å²) in [6, 6.07) is 22.4. The van der Waals surface area contributed by atoms with Crippen molar-refractivity contribution in [3.63, 3.8) is 0 Å².